The number of hydrogen-bond donors (Lipinski definition) is 1. The molecule has 0 saturated carbocycles. The molecule has 0 aliphatic carbocycles. The average molecular weight is 477 g/mol. The number of nitrogens with one attached hydrogen (secondary N) is 1. The summed E-state index contributed by atoms with van der Waals surface area (Å²) in [6.07, 6.45) is 7.67. The molecule has 0 aromatic carbocycles. The second-order valence-corrected chi connectivity index (χ2v) is 9.51. The first-order chi connectivity index (χ1) is 16.8. The Hall–Kier alpha value is -4.09. The van der Waals surface area contributed by atoms with Gasteiger partial charge in [-0.1, -0.05) is 0 Å². The van der Waals surface area contributed by atoms with E-state index in [0.29, 0.717) is 24.7 Å². The number of likely N-dealkylation sites (tertiary alicyclic amines) is 1. The molecule has 0 bridgehead atoms. The number of anilines is 2. The van der Waals surface area contributed by atoms with Crippen LogP contribution >= 0.6 is 0 Å². The number of hydrogen-bond acceptors (Lipinski definition) is 9. The van der Waals surface area contributed by atoms with Crippen LogP contribution in [0.3, 0.4) is 0 Å². The highest BCUT2D eigenvalue weighted by Crippen LogP contribution is 2.30. The zero-order valence-corrected chi connectivity index (χ0v) is 20.2. The molecule has 0 radical (unpaired) electrons. The summed E-state index contributed by atoms with van der Waals surface area (Å²) in [6.45, 7) is 8.77. The lowest BCUT2D eigenvalue weighted by Gasteiger charge is -2.33. The van der Waals surface area contributed by atoms with E-state index in [1.54, 1.807) is 22.1 Å². The molecule has 5 rings (SSSR count). The maximum Gasteiger partial charge on any atom is 0.410 e. The number of aromatic nitrogens is 8. The Morgan fingerprint density at radius 1 is 1.11 bits per heavy atom. The molecule has 182 valence electrons. The molecule has 12 nitrogen and oxygen atoms in total. The maximum absolute atomic E-state index is 12.4. The molecule has 1 fully saturated rings. The van der Waals surface area contributed by atoms with Crippen LogP contribution in [0, 0.1) is 6.92 Å². The second kappa shape index (κ2) is 8.93. The minimum Gasteiger partial charge on any atom is -0.444 e. The molecule has 1 saturated heterocycles. The zero-order chi connectivity index (χ0) is 24.6. The van der Waals surface area contributed by atoms with Crippen LogP contribution in [0.5, 0.6) is 0 Å². The smallest absolute Gasteiger partial charge is 0.410 e. The Morgan fingerprint density at radius 2 is 1.91 bits per heavy atom. The topological polar surface area (TPSA) is 129 Å². The highest BCUT2D eigenvalue weighted by atomic mass is 16.6. The number of nitrogens with zero attached hydrogens (tertiary/aromatic N) is 9. The number of rotatable bonds is 4. The summed E-state index contributed by atoms with van der Waals surface area (Å²) in [7, 11) is 0. The molecule has 35 heavy (non-hydrogen) atoms. The number of carbonyl (C=O) groups is 1. The highest BCUT2D eigenvalue weighted by Gasteiger charge is 2.29. The van der Waals surface area contributed by atoms with Gasteiger partial charge in [-0.05, 0) is 52.7 Å². The average Bonchev–Trinajstić information content (AvgIpc) is 3.50. The van der Waals surface area contributed by atoms with Crippen molar-refractivity contribution >= 4 is 28.6 Å². The lowest BCUT2D eigenvalue weighted by atomic mass is 10.1. The molecule has 4 aromatic rings. The molecule has 1 aliphatic rings. The van der Waals surface area contributed by atoms with E-state index >= 15 is 0 Å². The van der Waals surface area contributed by atoms with Crippen LogP contribution in [-0.2, 0) is 4.74 Å². The van der Waals surface area contributed by atoms with Gasteiger partial charge in [0.1, 0.15) is 30.4 Å². The van der Waals surface area contributed by atoms with E-state index in [2.05, 4.69) is 35.5 Å². The van der Waals surface area contributed by atoms with Gasteiger partial charge in [0.2, 0.25) is 0 Å². The summed E-state index contributed by atoms with van der Waals surface area (Å²) >= 11 is 0. The Bertz CT molecular complexity index is 1330. The van der Waals surface area contributed by atoms with Crippen LogP contribution in [0.25, 0.3) is 16.9 Å². The number of fused-ring (bicyclic) bond motifs is 1. The van der Waals surface area contributed by atoms with Crippen LogP contribution in [0.1, 0.15) is 45.3 Å². The predicted octanol–water partition coefficient (Wildman–Crippen LogP) is 3.43. The van der Waals surface area contributed by atoms with E-state index in [1.165, 1.54) is 12.7 Å². The lowest BCUT2D eigenvalue weighted by molar-refractivity contribution is 0.0186. The third-order valence-corrected chi connectivity index (χ3v) is 5.83. The van der Waals surface area contributed by atoms with Gasteiger partial charge in [0.15, 0.2) is 11.5 Å². The first-order valence-corrected chi connectivity index (χ1v) is 11.5. The summed E-state index contributed by atoms with van der Waals surface area (Å²) in [5, 5.41) is 12.9. The fourth-order valence-electron chi connectivity index (χ4n) is 4.11. The third kappa shape index (κ3) is 4.77. The number of carbonyl (C=O) groups excluding carboxylic acids is 1. The standard InChI is InChI=1S/C23H28N10O2/c1-15-18(5-6-19(29-15)32-14-24-12-28-32)30-20-17-11-27-33(21(17)26-13-25-20)16-7-9-31(10-8-16)22(34)35-23(2,3)4/h5-6,11-14,16H,7-10H2,1-4H3,(H,25,26,30). The van der Waals surface area contributed by atoms with Gasteiger partial charge in [0.05, 0.1) is 29.0 Å². The SMILES string of the molecule is Cc1nc(-n2cncn2)ccc1Nc1ncnc2c1cnn2C1CCN(C(=O)OC(C)(C)C)CC1. The minimum atomic E-state index is -0.503. The van der Waals surface area contributed by atoms with Crippen molar-refractivity contribution in [3.8, 4) is 5.82 Å². The van der Waals surface area contributed by atoms with Crippen molar-refractivity contribution in [2.24, 2.45) is 0 Å². The van der Waals surface area contributed by atoms with Crippen molar-refractivity contribution in [2.45, 2.75) is 52.2 Å². The van der Waals surface area contributed by atoms with Gasteiger partial charge in [0.25, 0.3) is 0 Å². The van der Waals surface area contributed by atoms with E-state index in [4.69, 9.17) is 4.74 Å². The fraction of sp³-hybridized carbons (Fsp3) is 0.435. The Kier molecular flexibility index (Phi) is 5.79. The van der Waals surface area contributed by atoms with E-state index in [-0.39, 0.29) is 12.1 Å². The minimum absolute atomic E-state index is 0.138. The molecule has 12 heteroatoms. The molecule has 1 N–H and O–H groups in total. The van der Waals surface area contributed by atoms with Crippen LogP contribution in [-0.4, -0.2) is 69.2 Å². The second-order valence-electron chi connectivity index (χ2n) is 9.51. The first kappa shape index (κ1) is 22.7. The number of ether oxygens (including phenoxy) is 1. The summed E-state index contributed by atoms with van der Waals surface area (Å²) in [5.74, 6) is 1.34. The first-order valence-electron chi connectivity index (χ1n) is 11.5. The zero-order valence-electron chi connectivity index (χ0n) is 20.2. The van der Waals surface area contributed by atoms with Crippen molar-refractivity contribution in [1.29, 1.82) is 0 Å². The van der Waals surface area contributed by atoms with E-state index < -0.39 is 5.60 Å². The molecule has 0 atom stereocenters. The van der Waals surface area contributed by atoms with E-state index in [9.17, 15) is 4.79 Å². The number of amides is 1. The Balaban J connectivity index is 1.32. The Labute approximate surface area is 202 Å². The van der Waals surface area contributed by atoms with Crippen molar-refractivity contribution in [3.63, 3.8) is 0 Å². The monoisotopic (exact) mass is 476 g/mol. The van der Waals surface area contributed by atoms with Crippen LogP contribution < -0.4 is 5.32 Å². The summed E-state index contributed by atoms with van der Waals surface area (Å²) < 4.78 is 9.05. The van der Waals surface area contributed by atoms with Crippen molar-refractivity contribution in [2.75, 3.05) is 18.4 Å². The number of pyridine rings is 1. The van der Waals surface area contributed by atoms with Crippen molar-refractivity contribution < 1.29 is 9.53 Å². The summed E-state index contributed by atoms with van der Waals surface area (Å²) in [5.41, 5.74) is 1.87. The molecule has 0 spiro atoms. The number of aryl methyl sites for hydroxylation is 1. The molecular formula is C23H28N10O2. The van der Waals surface area contributed by atoms with E-state index in [0.717, 1.165) is 35.3 Å². The largest absolute Gasteiger partial charge is 0.444 e. The quantitative estimate of drug-likeness (QED) is 0.471. The van der Waals surface area contributed by atoms with Crippen LogP contribution in [0.4, 0.5) is 16.3 Å². The molecule has 0 unspecified atom stereocenters. The van der Waals surface area contributed by atoms with Crippen LogP contribution in [0.15, 0.2) is 37.3 Å². The summed E-state index contributed by atoms with van der Waals surface area (Å²) in [6, 6.07) is 3.94. The molecule has 1 amide bonds. The predicted molar refractivity (Wildman–Crippen MR) is 129 cm³/mol. The van der Waals surface area contributed by atoms with Crippen molar-refractivity contribution in [1.82, 2.24) is 44.4 Å². The van der Waals surface area contributed by atoms with Gasteiger partial charge in [-0.2, -0.15) is 10.2 Å². The maximum atomic E-state index is 12.4. The van der Waals surface area contributed by atoms with Gasteiger partial charge in [-0.25, -0.2) is 34.1 Å². The number of piperidine rings is 1. The molecule has 5 heterocycles. The molecular weight excluding hydrogens is 448 g/mol. The molecule has 4 aromatic heterocycles. The Morgan fingerprint density at radius 3 is 2.60 bits per heavy atom. The molecule has 1 aliphatic heterocycles. The van der Waals surface area contributed by atoms with E-state index in [1.807, 2.05) is 44.5 Å². The summed E-state index contributed by atoms with van der Waals surface area (Å²) in [4.78, 5) is 31.7. The third-order valence-electron chi connectivity index (χ3n) is 5.83. The normalized spacial score (nSPS) is 14.9. The van der Waals surface area contributed by atoms with Crippen molar-refractivity contribution in [3.05, 3.63) is 43.0 Å². The van der Waals surface area contributed by atoms with Gasteiger partial charge >= 0.3 is 6.09 Å². The lowest BCUT2D eigenvalue weighted by Crippen LogP contribution is -2.42. The van der Waals surface area contributed by atoms with Crippen LogP contribution in [0.2, 0.25) is 0 Å². The van der Waals surface area contributed by atoms with Gasteiger partial charge in [0, 0.05) is 13.1 Å². The van der Waals surface area contributed by atoms with Gasteiger partial charge in [-0.15, -0.1) is 0 Å². The fourth-order valence-corrected chi connectivity index (χ4v) is 4.11. The van der Waals surface area contributed by atoms with Gasteiger partial charge < -0.3 is 15.0 Å². The van der Waals surface area contributed by atoms with Gasteiger partial charge in [-0.3, -0.25) is 0 Å². The highest BCUT2D eigenvalue weighted by molar-refractivity contribution is 5.88.